The second kappa shape index (κ2) is 8.24. The Morgan fingerprint density at radius 2 is 2.04 bits per heavy atom. The van der Waals surface area contributed by atoms with Crippen molar-refractivity contribution in [2.75, 3.05) is 13.2 Å². The number of aromatic amines is 1. The molecule has 2 N–H and O–H groups in total. The molecule has 0 fully saturated rings. The maximum Gasteiger partial charge on any atom is 0.123 e. The topological polar surface area (TPSA) is 37.0 Å². The summed E-state index contributed by atoms with van der Waals surface area (Å²) >= 11 is 0. The molecule has 0 bridgehead atoms. The van der Waals surface area contributed by atoms with Crippen molar-refractivity contribution in [1.29, 1.82) is 0 Å². The number of ether oxygens (including phenoxy) is 1. The van der Waals surface area contributed by atoms with Crippen LogP contribution < -0.4 is 10.1 Å². The molecule has 0 aliphatic carbocycles. The molecule has 0 saturated heterocycles. The van der Waals surface area contributed by atoms with E-state index in [1.54, 1.807) is 0 Å². The first-order valence-electron chi connectivity index (χ1n) is 8.28. The Hall–Kier alpha value is -2.70. The lowest BCUT2D eigenvalue weighted by molar-refractivity contribution is 0.323. The van der Waals surface area contributed by atoms with Gasteiger partial charge in [-0.3, -0.25) is 0 Å². The lowest BCUT2D eigenvalue weighted by Gasteiger charge is -2.11. The van der Waals surface area contributed by atoms with E-state index in [9.17, 15) is 0 Å². The number of para-hydroxylation sites is 1. The van der Waals surface area contributed by atoms with E-state index in [1.165, 1.54) is 16.5 Å². The van der Waals surface area contributed by atoms with E-state index in [4.69, 9.17) is 11.2 Å². The summed E-state index contributed by atoms with van der Waals surface area (Å²) in [5, 5.41) is 4.76. The van der Waals surface area contributed by atoms with Crippen molar-refractivity contribution < 1.29 is 4.74 Å². The molecule has 0 aliphatic heterocycles. The van der Waals surface area contributed by atoms with Crippen molar-refractivity contribution >= 4 is 10.9 Å². The van der Waals surface area contributed by atoms with Crippen LogP contribution in [0.2, 0.25) is 0 Å². The third kappa shape index (κ3) is 4.18. The van der Waals surface area contributed by atoms with Crippen molar-refractivity contribution in [3.05, 3.63) is 65.9 Å². The summed E-state index contributed by atoms with van der Waals surface area (Å²) in [4.78, 5) is 3.22. The molecule has 3 nitrogen and oxygen atoms in total. The van der Waals surface area contributed by atoms with Gasteiger partial charge in [-0.25, -0.2) is 0 Å². The standard InChI is InChI=1S/C21H22N2O/c1-2-3-14-24-21-7-5-4-6-19(21)16-22-12-10-17-8-9-20-18(15-17)11-13-23-20/h1,4-9,11,13,15,22-23H,3,10,12,14,16H2. The average molecular weight is 318 g/mol. The first-order chi connectivity index (χ1) is 11.9. The van der Waals surface area contributed by atoms with Gasteiger partial charge in [0.05, 0.1) is 6.61 Å². The van der Waals surface area contributed by atoms with Gasteiger partial charge < -0.3 is 15.0 Å². The predicted molar refractivity (Wildman–Crippen MR) is 99.1 cm³/mol. The van der Waals surface area contributed by atoms with Crippen molar-refractivity contribution in [3.63, 3.8) is 0 Å². The summed E-state index contributed by atoms with van der Waals surface area (Å²) in [6.07, 6.45) is 8.87. The van der Waals surface area contributed by atoms with Gasteiger partial charge in [-0.15, -0.1) is 12.3 Å². The van der Waals surface area contributed by atoms with E-state index in [0.717, 1.165) is 30.8 Å². The van der Waals surface area contributed by atoms with Gasteiger partial charge in [0.1, 0.15) is 5.75 Å². The minimum Gasteiger partial charge on any atom is -0.492 e. The largest absolute Gasteiger partial charge is 0.492 e. The zero-order valence-corrected chi connectivity index (χ0v) is 13.7. The summed E-state index contributed by atoms with van der Waals surface area (Å²) in [6.45, 7) is 2.28. The molecule has 1 heterocycles. The Kier molecular flexibility index (Phi) is 5.55. The monoisotopic (exact) mass is 318 g/mol. The Balaban J connectivity index is 1.50. The minimum absolute atomic E-state index is 0.560. The van der Waals surface area contributed by atoms with Crippen molar-refractivity contribution in [2.45, 2.75) is 19.4 Å². The number of hydrogen-bond acceptors (Lipinski definition) is 2. The van der Waals surface area contributed by atoms with Crippen LogP contribution in [0.4, 0.5) is 0 Å². The number of fused-ring (bicyclic) bond motifs is 1. The van der Waals surface area contributed by atoms with Gasteiger partial charge >= 0.3 is 0 Å². The molecular weight excluding hydrogens is 296 g/mol. The zero-order valence-electron chi connectivity index (χ0n) is 13.7. The molecule has 3 heteroatoms. The van der Waals surface area contributed by atoms with E-state index < -0.39 is 0 Å². The highest BCUT2D eigenvalue weighted by Crippen LogP contribution is 2.18. The summed E-state index contributed by atoms with van der Waals surface area (Å²) in [6, 6.07) is 16.8. The van der Waals surface area contributed by atoms with E-state index in [2.05, 4.69) is 46.6 Å². The van der Waals surface area contributed by atoms with Gasteiger partial charge in [-0.2, -0.15) is 0 Å². The first kappa shape index (κ1) is 16.2. The van der Waals surface area contributed by atoms with Crippen LogP contribution in [0.25, 0.3) is 10.9 Å². The summed E-state index contributed by atoms with van der Waals surface area (Å²) in [7, 11) is 0. The van der Waals surface area contributed by atoms with Gasteiger partial charge in [-0.05, 0) is 48.2 Å². The molecule has 0 radical (unpaired) electrons. The van der Waals surface area contributed by atoms with Crippen LogP contribution in [0.5, 0.6) is 5.75 Å². The van der Waals surface area contributed by atoms with E-state index in [0.29, 0.717) is 13.0 Å². The maximum absolute atomic E-state index is 5.75. The van der Waals surface area contributed by atoms with E-state index in [-0.39, 0.29) is 0 Å². The maximum atomic E-state index is 5.75. The Morgan fingerprint density at radius 1 is 1.12 bits per heavy atom. The molecule has 3 rings (SSSR count). The molecule has 3 aromatic rings. The van der Waals surface area contributed by atoms with Gasteiger partial charge in [0.15, 0.2) is 0 Å². The fraction of sp³-hybridized carbons (Fsp3) is 0.238. The van der Waals surface area contributed by atoms with Gasteiger partial charge in [0, 0.05) is 30.2 Å². The number of aromatic nitrogens is 1. The van der Waals surface area contributed by atoms with Crippen LogP contribution in [-0.4, -0.2) is 18.1 Å². The van der Waals surface area contributed by atoms with Gasteiger partial charge in [0.2, 0.25) is 0 Å². The normalized spacial score (nSPS) is 10.6. The quantitative estimate of drug-likeness (QED) is 0.488. The number of H-pyrrole nitrogens is 1. The van der Waals surface area contributed by atoms with Crippen LogP contribution >= 0.6 is 0 Å². The van der Waals surface area contributed by atoms with Crippen LogP contribution in [0, 0.1) is 12.3 Å². The second-order valence-corrected chi connectivity index (χ2v) is 5.74. The molecule has 0 unspecified atom stereocenters. The third-order valence-electron chi connectivity index (χ3n) is 4.00. The first-order valence-corrected chi connectivity index (χ1v) is 8.28. The molecule has 0 spiro atoms. The highest BCUT2D eigenvalue weighted by Gasteiger charge is 2.03. The number of rotatable bonds is 8. The molecule has 0 aliphatic rings. The Morgan fingerprint density at radius 3 is 2.96 bits per heavy atom. The average Bonchev–Trinajstić information content (AvgIpc) is 3.08. The summed E-state index contributed by atoms with van der Waals surface area (Å²) in [5.41, 5.74) is 3.69. The van der Waals surface area contributed by atoms with Crippen molar-refractivity contribution in [1.82, 2.24) is 10.3 Å². The van der Waals surface area contributed by atoms with Crippen molar-refractivity contribution in [2.24, 2.45) is 0 Å². The van der Waals surface area contributed by atoms with E-state index >= 15 is 0 Å². The zero-order chi connectivity index (χ0) is 16.6. The van der Waals surface area contributed by atoms with Crippen molar-refractivity contribution in [3.8, 4) is 18.1 Å². The fourth-order valence-electron chi connectivity index (χ4n) is 2.72. The molecule has 1 aromatic heterocycles. The van der Waals surface area contributed by atoms with E-state index in [1.807, 2.05) is 24.4 Å². The number of hydrogen-bond donors (Lipinski definition) is 2. The predicted octanol–water partition coefficient (Wildman–Crippen LogP) is 3.90. The Bertz CT molecular complexity index is 829. The molecule has 0 atom stereocenters. The van der Waals surface area contributed by atoms with Crippen LogP contribution in [0.3, 0.4) is 0 Å². The number of benzene rings is 2. The highest BCUT2D eigenvalue weighted by molar-refractivity contribution is 5.79. The molecular formula is C21H22N2O. The third-order valence-corrected chi connectivity index (χ3v) is 4.00. The molecule has 0 saturated carbocycles. The molecule has 2 aromatic carbocycles. The number of terminal acetylenes is 1. The SMILES string of the molecule is C#CCCOc1ccccc1CNCCc1ccc2[nH]ccc2c1. The molecule has 122 valence electrons. The highest BCUT2D eigenvalue weighted by atomic mass is 16.5. The smallest absolute Gasteiger partial charge is 0.123 e. The summed E-state index contributed by atoms with van der Waals surface area (Å²) < 4.78 is 5.75. The minimum atomic E-state index is 0.560. The lowest BCUT2D eigenvalue weighted by atomic mass is 10.1. The van der Waals surface area contributed by atoms with Crippen LogP contribution in [0.1, 0.15) is 17.5 Å². The fourth-order valence-corrected chi connectivity index (χ4v) is 2.72. The number of nitrogens with one attached hydrogen (secondary N) is 2. The Labute approximate surface area is 143 Å². The van der Waals surface area contributed by atoms with Gasteiger partial charge in [-0.1, -0.05) is 24.3 Å². The van der Waals surface area contributed by atoms with Gasteiger partial charge in [0.25, 0.3) is 0 Å². The molecule has 24 heavy (non-hydrogen) atoms. The lowest BCUT2D eigenvalue weighted by Crippen LogP contribution is -2.17. The van der Waals surface area contributed by atoms with Crippen LogP contribution in [0.15, 0.2) is 54.7 Å². The second-order valence-electron chi connectivity index (χ2n) is 5.74. The summed E-state index contributed by atoms with van der Waals surface area (Å²) in [5.74, 6) is 3.51. The van der Waals surface area contributed by atoms with Crippen LogP contribution in [-0.2, 0) is 13.0 Å². The molecule has 0 amide bonds.